The van der Waals surface area contributed by atoms with Crippen molar-refractivity contribution in [2.24, 2.45) is 29.4 Å². The summed E-state index contributed by atoms with van der Waals surface area (Å²) in [5.74, 6) is 4.98. The van der Waals surface area contributed by atoms with Gasteiger partial charge in [0, 0.05) is 17.9 Å². The van der Waals surface area contributed by atoms with Crippen LogP contribution in [0.5, 0.6) is 0 Å². The molecule has 18 heavy (non-hydrogen) atoms. The Labute approximate surface area is 109 Å². The average Bonchev–Trinajstić information content (AvgIpc) is 2.70. The second kappa shape index (κ2) is 3.83. The summed E-state index contributed by atoms with van der Waals surface area (Å²) in [7, 11) is 0. The van der Waals surface area contributed by atoms with Gasteiger partial charge in [0.1, 0.15) is 5.82 Å². The Morgan fingerprint density at radius 3 is 2.33 bits per heavy atom. The fourth-order valence-electron chi connectivity index (χ4n) is 5.37. The van der Waals surface area contributed by atoms with Gasteiger partial charge in [-0.25, -0.2) is 4.98 Å². The van der Waals surface area contributed by atoms with Gasteiger partial charge < -0.3 is 10.3 Å². The topological polar surface area (TPSA) is 43.8 Å². The molecule has 4 fully saturated rings. The van der Waals surface area contributed by atoms with Crippen molar-refractivity contribution in [1.82, 2.24) is 9.55 Å². The molecule has 4 saturated carbocycles. The van der Waals surface area contributed by atoms with E-state index >= 15 is 0 Å². The van der Waals surface area contributed by atoms with Gasteiger partial charge in [-0.3, -0.25) is 0 Å². The molecule has 0 amide bonds. The standard InChI is InChI=1S/C15H23N3/c1-9-8-17-14(7-16)18(9)15-12-3-10-2-11(5-12)6-13(15)4-10/h8,10-13,15H,2-7,16H2,1H3. The average molecular weight is 245 g/mol. The van der Waals surface area contributed by atoms with E-state index in [0.717, 1.165) is 29.5 Å². The van der Waals surface area contributed by atoms with Crippen molar-refractivity contribution in [3.8, 4) is 0 Å². The maximum absolute atomic E-state index is 5.87. The lowest BCUT2D eigenvalue weighted by Crippen LogP contribution is -2.46. The number of rotatable bonds is 2. The molecule has 1 aromatic rings. The van der Waals surface area contributed by atoms with Crippen molar-refractivity contribution >= 4 is 0 Å². The third-order valence-corrected chi connectivity index (χ3v) is 5.72. The van der Waals surface area contributed by atoms with Gasteiger partial charge in [0.05, 0.1) is 6.54 Å². The summed E-state index contributed by atoms with van der Waals surface area (Å²) in [5.41, 5.74) is 7.19. The molecule has 0 unspecified atom stereocenters. The Hall–Kier alpha value is -0.830. The molecule has 0 spiro atoms. The quantitative estimate of drug-likeness (QED) is 0.870. The number of nitrogens with two attached hydrogens (primary N) is 1. The highest BCUT2D eigenvalue weighted by atomic mass is 15.1. The zero-order valence-electron chi connectivity index (χ0n) is 11.2. The summed E-state index contributed by atoms with van der Waals surface area (Å²) < 4.78 is 2.49. The molecule has 0 atom stereocenters. The first-order valence-electron chi connectivity index (χ1n) is 7.49. The zero-order valence-corrected chi connectivity index (χ0v) is 11.2. The van der Waals surface area contributed by atoms with Crippen molar-refractivity contribution in [3.05, 3.63) is 17.7 Å². The summed E-state index contributed by atoms with van der Waals surface area (Å²) in [6.07, 6.45) is 9.36. The normalized spacial score (nSPS) is 41.6. The van der Waals surface area contributed by atoms with Gasteiger partial charge in [0.15, 0.2) is 0 Å². The van der Waals surface area contributed by atoms with Crippen LogP contribution in [0.4, 0.5) is 0 Å². The van der Waals surface area contributed by atoms with Crippen LogP contribution < -0.4 is 5.73 Å². The van der Waals surface area contributed by atoms with E-state index in [1.165, 1.54) is 37.8 Å². The fourth-order valence-corrected chi connectivity index (χ4v) is 5.37. The van der Waals surface area contributed by atoms with Crippen molar-refractivity contribution in [2.45, 2.75) is 51.6 Å². The minimum atomic E-state index is 0.580. The third-order valence-electron chi connectivity index (χ3n) is 5.72. The second-order valence-corrected chi connectivity index (χ2v) is 6.81. The summed E-state index contributed by atoms with van der Waals surface area (Å²) >= 11 is 0. The molecular weight excluding hydrogens is 222 g/mol. The molecule has 0 radical (unpaired) electrons. The van der Waals surface area contributed by atoms with E-state index < -0.39 is 0 Å². The van der Waals surface area contributed by atoms with E-state index in [1.54, 1.807) is 0 Å². The molecule has 5 rings (SSSR count). The lowest BCUT2D eigenvalue weighted by Gasteiger charge is -2.55. The molecule has 4 aliphatic rings. The van der Waals surface area contributed by atoms with Crippen LogP contribution in [0, 0.1) is 30.6 Å². The first-order chi connectivity index (χ1) is 8.76. The van der Waals surface area contributed by atoms with Gasteiger partial charge in [-0.15, -0.1) is 0 Å². The lowest BCUT2D eigenvalue weighted by molar-refractivity contribution is -0.0307. The number of nitrogens with zero attached hydrogens (tertiary/aromatic N) is 2. The van der Waals surface area contributed by atoms with Gasteiger partial charge in [0.25, 0.3) is 0 Å². The van der Waals surface area contributed by atoms with Crippen LogP contribution in [0.15, 0.2) is 6.20 Å². The Morgan fingerprint density at radius 1 is 1.17 bits per heavy atom. The largest absolute Gasteiger partial charge is 0.328 e. The van der Waals surface area contributed by atoms with E-state index in [-0.39, 0.29) is 0 Å². The Balaban J connectivity index is 1.74. The number of hydrogen-bond donors (Lipinski definition) is 1. The van der Waals surface area contributed by atoms with E-state index in [1.807, 2.05) is 6.20 Å². The van der Waals surface area contributed by atoms with Crippen LogP contribution in [-0.4, -0.2) is 9.55 Å². The second-order valence-electron chi connectivity index (χ2n) is 6.81. The molecule has 1 aromatic heterocycles. The van der Waals surface area contributed by atoms with Crippen molar-refractivity contribution in [3.63, 3.8) is 0 Å². The highest BCUT2D eigenvalue weighted by Gasteiger charge is 2.49. The SMILES string of the molecule is Cc1cnc(CN)n1C1C2CC3CC(C2)CC1C3. The van der Waals surface area contributed by atoms with Gasteiger partial charge in [-0.2, -0.15) is 0 Å². The zero-order chi connectivity index (χ0) is 12.3. The van der Waals surface area contributed by atoms with Crippen molar-refractivity contribution in [2.75, 3.05) is 0 Å². The molecule has 0 aliphatic heterocycles. The molecule has 1 heterocycles. The van der Waals surface area contributed by atoms with E-state index in [4.69, 9.17) is 5.73 Å². The van der Waals surface area contributed by atoms with Crippen molar-refractivity contribution < 1.29 is 0 Å². The minimum absolute atomic E-state index is 0.580. The third kappa shape index (κ3) is 1.43. The maximum atomic E-state index is 5.87. The van der Waals surface area contributed by atoms with Crippen LogP contribution in [0.1, 0.15) is 49.7 Å². The Morgan fingerprint density at radius 2 is 1.78 bits per heavy atom. The predicted molar refractivity (Wildman–Crippen MR) is 70.9 cm³/mol. The van der Waals surface area contributed by atoms with Gasteiger partial charge in [-0.05, 0) is 62.7 Å². The Kier molecular flexibility index (Phi) is 2.35. The first kappa shape index (κ1) is 11.0. The molecule has 4 aliphatic carbocycles. The number of aryl methyl sites for hydroxylation is 1. The molecule has 4 bridgehead atoms. The summed E-state index contributed by atoms with van der Waals surface area (Å²) in [6, 6.07) is 0.707. The highest BCUT2D eigenvalue weighted by Crippen LogP contribution is 2.58. The van der Waals surface area contributed by atoms with Gasteiger partial charge in [0.2, 0.25) is 0 Å². The molecule has 3 nitrogen and oxygen atoms in total. The molecule has 98 valence electrons. The lowest BCUT2D eigenvalue weighted by atomic mass is 9.54. The van der Waals surface area contributed by atoms with E-state index in [9.17, 15) is 0 Å². The van der Waals surface area contributed by atoms with Gasteiger partial charge in [-0.1, -0.05) is 0 Å². The van der Waals surface area contributed by atoms with Gasteiger partial charge >= 0.3 is 0 Å². The van der Waals surface area contributed by atoms with E-state index in [2.05, 4.69) is 16.5 Å². The number of imidazole rings is 1. The summed E-state index contributed by atoms with van der Waals surface area (Å²) in [6.45, 7) is 2.77. The first-order valence-corrected chi connectivity index (χ1v) is 7.49. The monoisotopic (exact) mass is 245 g/mol. The molecular formula is C15H23N3. The molecule has 3 heteroatoms. The predicted octanol–water partition coefficient (Wildman–Crippen LogP) is 2.65. The molecule has 2 N–H and O–H groups in total. The van der Waals surface area contributed by atoms with Crippen LogP contribution in [0.3, 0.4) is 0 Å². The number of aromatic nitrogens is 2. The van der Waals surface area contributed by atoms with Crippen LogP contribution in [0.25, 0.3) is 0 Å². The molecule has 0 saturated heterocycles. The van der Waals surface area contributed by atoms with Crippen molar-refractivity contribution in [1.29, 1.82) is 0 Å². The molecule has 0 aromatic carbocycles. The fraction of sp³-hybridized carbons (Fsp3) is 0.800. The van der Waals surface area contributed by atoms with E-state index in [0.29, 0.717) is 12.6 Å². The maximum Gasteiger partial charge on any atom is 0.122 e. The summed E-state index contributed by atoms with van der Waals surface area (Å²) in [5, 5.41) is 0. The Bertz CT molecular complexity index is 434. The van der Waals surface area contributed by atoms with Crippen LogP contribution in [-0.2, 0) is 6.54 Å². The number of hydrogen-bond acceptors (Lipinski definition) is 2. The highest BCUT2D eigenvalue weighted by molar-refractivity contribution is 5.11. The minimum Gasteiger partial charge on any atom is -0.328 e. The van der Waals surface area contributed by atoms with Crippen LogP contribution in [0.2, 0.25) is 0 Å². The summed E-state index contributed by atoms with van der Waals surface area (Å²) in [4.78, 5) is 4.50. The van der Waals surface area contributed by atoms with Crippen LogP contribution >= 0.6 is 0 Å². The smallest absolute Gasteiger partial charge is 0.122 e.